The number of aliphatic hydroxyl groups excluding tert-OH is 1. The highest BCUT2D eigenvalue weighted by molar-refractivity contribution is 9.10. The third-order valence-corrected chi connectivity index (χ3v) is 2.32. The van der Waals surface area contributed by atoms with Crippen molar-refractivity contribution < 1.29 is 14.6 Å². The molecule has 0 aliphatic rings. The van der Waals surface area contributed by atoms with Gasteiger partial charge < -0.3 is 9.84 Å². The summed E-state index contributed by atoms with van der Waals surface area (Å²) in [5, 5.41) is 9.35. The van der Waals surface area contributed by atoms with Crippen molar-refractivity contribution in [2.75, 3.05) is 7.11 Å². The van der Waals surface area contributed by atoms with E-state index in [1.807, 2.05) is 13.8 Å². The highest BCUT2D eigenvalue weighted by Crippen LogP contribution is 2.14. The number of aliphatic hydroxyl groups is 1. The monoisotopic (exact) mass is 224 g/mol. The highest BCUT2D eigenvalue weighted by atomic mass is 79.9. The summed E-state index contributed by atoms with van der Waals surface area (Å²) in [5.41, 5.74) is 0. The van der Waals surface area contributed by atoms with Crippen LogP contribution in [-0.2, 0) is 9.53 Å². The molecule has 0 unspecified atom stereocenters. The lowest BCUT2D eigenvalue weighted by atomic mass is 10.0. The van der Waals surface area contributed by atoms with E-state index in [0.717, 1.165) is 0 Å². The number of alkyl halides is 1. The summed E-state index contributed by atoms with van der Waals surface area (Å²) in [4.78, 5) is 10.2. The van der Waals surface area contributed by atoms with Crippen LogP contribution in [0.3, 0.4) is 0 Å². The van der Waals surface area contributed by atoms with Crippen LogP contribution < -0.4 is 0 Å². The molecule has 2 atom stereocenters. The molecule has 0 fully saturated rings. The maximum absolute atomic E-state index is 10.8. The Morgan fingerprint density at radius 1 is 1.55 bits per heavy atom. The Morgan fingerprint density at radius 3 is 2.27 bits per heavy atom. The molecule has 4 heteroatoms. The zero-order valence-electron chi connectivity index (χ0n) is 6.87. The van der Waals surface area contributed by atoms with Gasteiger partial charge in [0.1, 0.15) is 4.83 Å². The van der Waals surface area contributed by atoms with Crippen molar-refractivity contribution in [3.05, 3.63) is 0 Å². The van der Waals surface area contributed by atoms with Crippen LogP contribution in [0.15, 0.2) is 0 Å². The van der Waals surface area contributed by atoms with E-state index in [4.69, 9.17) is 0 Å². The number of ether oxygens (including phenoxy) is 1. The third-order valence-electron chi connectivity index (χ3n) is 1.41. The second-order valence-electron chi connectivity index (χ2n) is 2.66. The van der Waals surface area contributed by atoms with Gasteiger partial charge in [0.25, 0.3) is 0 Å². The van der Waals surface area contributed by atoms with Gasteiger partial charge in [-0.05, 0) is 5.92 Å². The van der Waals surface area contributed by atoms with Gasteiger partial charge in [0.05, 0.1) is 13.2 Å². The Morgan fingerprint density at radius 2 is 2.00 bits per heavy atom. The van der Waals surface area contributed by atoms with E-state index >= 15 is 0 Å². The molecule has 0 aliphatic carbocycles. The smallest absolute Gasteiger partial charge is 0.322 e. The Bertz CT molecular complexity index is 136. The Kier molecular flexibility index (Phi) is 4.68. The van der Waals surface area contributed by atoms with Gasteiger partial charge in [0, 0.05) is 0 Å². The van der Waals surface area contributed by atoms with E-state index in [-0.39, 0.29) is 5.92 Å². The molecule has 0 aromatic heterocycles. The van der Waals surface area contributed by atoms with Crippen molar-refractivity contribution in [3.63, 3.8) is 0 Å². The molecule has 0 aromatic rings. The maximum Gasteiger partial charge on any atom is 0.322 e. The summed E-state index contributed by atoms with van der Waals surface area (Å²) in [5.74, 6) is -0.398. The first-order valence-electron chi connectivity index (χ1n) is 3.40. The van der Waals surface area contributed by atoms with Crippen LogP contribution in [-0.4, -0.2) is 29.1 Å². The quantitative estimate of drug-likeness (QED) is 0.574. The minimum absolute atomic E-state index is 0.0403. The number of rotatable bonds is 3. The van der Waals surface area contributed by atoms with Crippen LogP contribution in [0, 0.1) is 5.92 Å². The normalized spacial score (nSPS) is 16.2. The molecule has 11 heavy (non-hydrogen) atoms. The predicted molar refractivity (Wildman–Crippen MR) is 45.6 cm³/mol. The first-order valence-corrected chi connectivity index (χ1v) is 4.32. The SMILES string of the molecule is COC(=O)[C@H](Br)[C@H](O)C(C)C. The minimum Gasteiger partial charge on any atom is -0.468 e. The first-order chi connectivity index (χ1) is 5.00. The molecular formula is C7H13BrO3. The van der Waals surface area contributed by atoms with Crippen LogP contribution >= 0.6 is 15.9 Å². The summed E-state index contributed by atoms with van der Waals surface area (Å²) < 4.78 is 4.44. The molecule has 0 aliphatic heterocycles. The fourth-order valence-electron chi connectivity index (χ4n) is 0.590. The molecular weight excluding hydrogens is 212 g/mol. The van der Waals surface area contributed by atoms with Gasteiger partial charge in [-0.1, -0.05) is 29.8 Å². The zero-order chi connectivity index (χ0) is 9.02. The van der Waals surface area contributed by atoms with Gasteiger partial charge >= 0.3 is 5.97 Å². The number of halogens is 1. The second-order valence-corrected chi connectivity index (χ2v) is 3.65. The molecule has 0 radical (unpaired) electrons. The van der Waals surface area contributed by atoms with Crippen molar-refractivity contribution in [2.45, 2.75) is 24.8 Å². The van der Waals surface area contributed by atoms with Crippen molar-refractivity contribution in [1.82, 2.24) is 0 Å². The summed E-state index contributed by atoms with van der Waals surface area (Å²) in [6, 6.07) is 0. The van der Waals surface area contributed by atoms with Crippen molar-refractivity contribution >= 4 is 21.9 Å². The van der Waals surface area contributed by atoms with Gasteiger partial charge in [-0.25, -0.2) is 0 Å². The van der Waals surface area contributed by atoms with E-state index < -0.39 is 16.9 Å². The lowest BCUT2D eigenvalue weighted by molar-refractivity contribution is -0.142. The number of carbonyl (C=O) groups is 1. The largest absolute Gasteiger partial charge is 0.468 e. The minimum atomic E-state index is -0.692. The highest BCUT2D eigenvalue weighted by Gasteiger charge is 2.26. The van der Waals surface area contributed by atoms with Crippen molar-refractivity contribution in [2.24, 2.45) is 5.92 Å². The average Bonchev–Trinajstić information content (AvgIpc) is 2.00. The molecule has 0 heterocycles. The topological polar surface area (TPSA) is 46.5 Å². The Labute approximate surface area is 74.9 Å². The molecule has 1 N–H and O–H groups in total. The molecule has 0 spiro atoms. The van der Waals surface area contributed by atoms with Gasteiger partial charge in [0.15, 0.2) is 0 Å². The Hall–Kier alpha value is -0.0900. The number of hydrogen-bond acceptors (Lipinski definition) is 3. The van der Waals surface area contributed by atoms with E-state index in [1.165, 1.54) is 7.11 Å². The van der Waals surface area contributed by atoms with Crippen molar-refractivity contribution in [1.29, 1.82) is 0 Å². The van der Waals surface area contributed by atoms with E-state index in [2.05, 4.69) is 20.7 Å². The molecule has 3 nitrogen and oxygen atoms in total. The second kappa shape index (κ2) is 4.72. The molecule has 0 aromatic carbocycles. The van der Waals surface area contributed by atoms with E-state index in [1.54, 1.807) is 0 Å². The van der Waals surface area contributed by atoms with Gasteiger partial charge in [-0.3, -0.25) is 4.79 Å². The summed E-state index contributed by atoms with van der Waals surface area (Å²) in [6.45, 7) is 3.67. The molecule has 0 amide bonds. The van der Waals surface area contributed by atoms with Gasteiger partial charge in [-0.15, -0.1) is 0 Å². The molecule has 0 rings (SSSR count). The lowest BCUT2D eigenvalue weighted by Gasteiger charge is -2.18. The average molecular weight is 225 g/mol. The number of methoxy groups -OCH3 is 1. The summed E-state index contributed by atoms with van der Waals surface area (Å²) >= 11 is 3.04. The van der Waals surface area contributed by atoms with Crippen LogP contribution in [0.4, 0.5) is 0 Å². The molecule has 0 saturated heterocycles. The van der Waals surface area contributed by atoms with Gasteiger partial charge in [0.2, 0.25) is 0 Å². The lowest BCUT2D eigenvalue weighted by Crippen LogP contribution is -2.33. The van der Waals surface area contributed by atoms with E-state index in [9.17, 15) is 9.90 Å². The van der Waals surface area contributed by atoms with Crippen molar-refractivity contribution in [3.8, 4) is 0 Å². The molecule has 0 bridgehead atoms. The predicted octanol–water partition coefficient (Wildman–Crippen LogP) is 0.940. The zero-order valence-corrected chi connectivity index (χ0v) is 8.46. The third kappa shape index (κ3) is 3.20. The fraction of sp³-hybridized carbons (Fsp3) is 0.857. The van der Waals surface area contributed by atoms with Crippen LogP contribution in [0.25, 0.3) is 0 Å². The molecule has 66 valence electrons. The molecule has 0 saturated carbocycles. The van der Waals surface area contributed by atoms with Crippen LogP contribution in [0.5, 0.6) is 0 Å². The standard InChI is InChI=1S/C7H13BrO3/c1-4(2)6(9)5(8)7(10)11-3/h4-6,9H,1-3H3/t5-,6-/m1/s1. The summed E-state index contributed by atoms with van der Waals surface area (Å²) in [7, 11) is 1.30. The van der Waals surface area contributed by atoms with Gasteiger partial charge in [-0.2, -0.15) is 0 Å². The maximum atomic E-state index is 10.8. The van der Waals surface area contributed by atoms with Crippen LogP contribution in [0.2, 0.25) is 0 Å². The van der Waals surface area contributed by atoms with E-state index in [0.29, 0.717) is 0 Å². The number of esters is 1. The fourth-order valence-corrected chi connectivity index (χ4v) is 1.39. The Balaban J connectivity index is 4.01. The van der Waals surface area contributed by atoms with Crippen LogP contribution in [0.1, 0.15) is 13.8 Å². The summed E-state index contributed by atoms with van der Waals surface area (Å²) in [6.07, 6.45) is -0.692. The number of carbonyl (C=O) groups excluding carboxylic acids is 1. The first kappa shape index (κ1) is 10.9. The number of hydrogen-bond donors (Lipinski definition) is 1.